The summed E-state index contributed by atoms with van der Waals surface area (Å²) in [5.41, 5.74) is 0. The second kappa shape index (κ2) is 7.87. The van der Waals surface area contributed by atoms with E-state index in [2.05, 4.69) is 0 Å². The Morgan fingerprint density at radius 3 is 1.86 bits per heavy atom. The molecule has 2 aliphatic heterocycles. The summed E-state index contributed by atoms with van der Waals surface area (Å²) < 4.78 is 33.7. The lowest BCUT2D eigenvalue weighted by Crippen LogP contribution is -2.17. The van der Waals surface area contributed by atoms with Crippen molar-refractivity contribution >= 4 is 17.2 Å². The van der Waals surface area contributed by atoms with E-state index in [0.717, 1.165) is 12.8 Å². The Hall–Kier alpha value is -0.480. The summed E-state index contributed by atoms with van der Waals surface area (Å²) in [6.45, 7) is 5.35. The summed E-state index contributed by atoms with van der Waals surface area (Å²) in [6.07, 6.45) is 2.10. The first-order chi connectivity index (χ1) is 10.7. The van der Waals surface area contributed by atoms with Crippen LogP contribution >= 0.6 is 17.2 Å². The molecule has 2 aliphatic rings. The van der Waals surface area contributed by atoms with E-state index >= 15 is 0 Å². The molecule has 8 heteroatoms. The molecule has 0 bridgehead atoms. The zero-order valence-electron chi connectivity index (χ0n) is 12.6. The third-order valence-electron chi connectivity index (χ3n) is 3.14. The topological polar surface area (TPSA) is 55.4 Å². The Balaban J connectivity index is 1.57. The van der Waals surface area contributed by atoms with Gasteiger partial charge in [-0.25, -0.2) is 0 Å². The van der Waals surface area contributed by atoms with Crippen molar-refractivity contribution in [3.63, 3.8) is 0 Å². The van der Waals surface area contributed by atoms with Crippen molar-refractivity contribution < 1.29 is 27.1 Å². The predicted octanol–water partition coefficient (Wildman–Crippen LogP) is 4.55. The fourth-order valence-corrected chi connectivity index (χ4v) is 4.09. The molecule has 0 aliphatic carbocycles. The molecule has 4 atom stereocenters. The molecule has 22 heavy (non-hydrogen) atoms. The van der Waals surface area contributed by atoms with Crippen LogP contribution in [-0.4, -0.2) is 25.4 Å². The van der Waals surface area contributed by atoms with Crippen LogP contribution in [0.5, 0.6) is 11.5 Å². The lowest BCUT2D eigenvalue weighted by atomic mass is 10.3. The monoisotopic (exact) mass is 346 g/mol. The Morgan fingerprint density at radius 2 is 1.41 bits per heavy atom. The largest absolute Gasteiger partial charge is 0.427 e. The predicted molar refractivity (Wildman–Crippen MR) is 83.8 cm³/mol. The SMILES string of the molecule is CC1CCOP(Oc2cccc(OP3OCCC(C)O3)c2)O1. The quantitative estimate of drug-likeness (QED) is 0.746. The van der Waals surface area contributed by atoms with E-state index in [-0.39, 0.29) is 12.2 Å². The molecule has 0 radical (unpaired) electrons. The van der Waals surface area contributed by atoms with Gasteiger partial charge in [-0.1, -0.05) is 6.07 Å². The molecule has 0 amide bonds. The lowest BCUT2D eigenvalue weighted by molar-refractivity contribution is 0.0932. The van der Waals surface area contributed by atoms with Gasteiger partial charge in [0.15, 0.2) is 0 Å². The average Bonchev–Trinajstić information content (AvgIpc) is 2.47. The first-order valence-electron chi connectivity index (χ1n) is 7.35. The van der Waals surface area contributed by atoms with Gasteiger partial charge in [0, 0.05) is 6.07 Å². The van der Waals surface area contributed by atoms with Crippen LogP contribution in [0.1, 0.15) is 26.7 Å². The molecule has 2 fully saturated rings. The Labute approximate surface area is 133 Å². The lowest BCUT2D eigenvalue weighted by Gasteiger charge is -2.26. The van der Waals surface area contributed by atoms with Gasteiger partial charge < -0.3 is 18.1 Å². The van der Waals surface area contributed by atoms with Gasteiger partial charge in [0.2, 0.25) is 0 Å². The first kappa shape index (κ1) is 16.4. The van der Waals surface area contributed by atoms with Crippen LogP contribution in [0.4, 0.5) is 0 Å². The Kier molecular flexibility index (Phi) is 5.86. The highest BCUT2D eigenvalue weighted by molar-refractivity contribution is 7.42. The van der Waals surface area contributed by atoms with Crippen molar-refractivity contribution in [2.75, 3.05) is 13.2 Å². The summed E-state index contributed by atoms with van der Waals surface area (Å²) >= 11 is 0. The molecule has 1 aromatic rings. The fourth-order valence-electron chi connectivity index (χ4n) is 1.90. The highest BCUT2D eigenvalue weighted by Gasteiger charge is 2.25. The van der Waals surface area contributed by atoms with Crippen LogP contribution in [0.15, 0.2) is 24.3 Å². The van der Waals surface area contributed by atoms with Crippen molar-refractivity contribution in [1.82, 2.24) is 0 Å². The van der Waals surface area contributed by atoms with Crippen LogP contribution in [0, 0.1) is 0 Å². The molecule has 0 N–H and O–H groups in total. The van der Waals surface area contributed by atoms with E-state index in [9.17, 15) is 0 Å². The van der Waals surface area contributed by atoms with Gasteiger partial charge in [0.05, 0.1) is 25.4 Å². The zero-order valence-corrected chi connectivity index (χ0v) is 14.4. The average molecular weight is 346 g/mol. The van der Waals surface area contributed by atoms with Crippen molar-refractivity contribution in [3.05, 3.63) is 24.3 Å². The number of rotatable bonds is 4. The van der Waals surface area contributed by atoms with E-state index < -0.39 is 17.2 Å². The molecule has 6 nitrogen and oxygen atoms in total. The van der Waals surface area contributed by atoms with Crippen molar-refractivity contribution in [2.24, 2.45) is 0 Å². The fraction of sp³-hybridized carbons (Fsp3) is 0.571. The summed E-state index contributed by atoms with van der Waals surface area (Å²) in [4.78, 5) is 0. The second-order valence-corrected chi connectivity index (χ2v) is 7.38. The molecule has 2 saturated heterocycles. The van der Waals surface area contributed by atoms with Crippen LogP contribution < -0.4 is 9.05 Å². The minimum atomic E-state index is -1.34. The highest BCUT2D eigenvalue weighted by atomic mass is 31.2. The smallest absolute Gasteiger partial charge is 0.397 e. The summed E-state index contributed by atoms with van der Waals surface area (Å²) in [5, 5.41) is 0. The minimum absolute atomic E-state index is 0.160. The van der Waals surface area contributed by atoms with E-state index in [1.807, 2.05) is 32.0 Å². The molecule has 4 unspecified atom stereocenters. The molecule has 3 rings (SSSR count). The molecule has 0 spiro atoms. The van der Waals surface area contributed by atoms with Gasteiger partial charge in [0.1, 0.15) is 11.5 Å². The second-order valence-electron chi connectivity index (χ2n) is 5.18. The number of hydrogen-bond acceptors (Lipinski definition) is 6. The van der Waals surface area contributed by atoms with E-state index in [1.54, 1.807) is 6.07 Å². The maximum absolute atomic E-state index is 5.74. The van der Waals surface area contributed by atoms with E-state index in [4.69, 9.17) is 27.1 Å². The van der Waals surface area contributed by atoms with Crippen molar-refractivity contribution in [3.8, 4) is 11.5 Å². The van der Waals surface area contributed by atoms with Gasteiger partial charge in [0.25, 0.3) is 0 Å². The standard InChI is InChI=1S/C14H20O6P2/c1-11-6-8-15-21(17-11)19-13-4-3-5-14(10-13)20-22-16-9-7-12(2)18-22/h3-5,10-12H,6-9H2,1-2H3. The van der Waals surface area contributed by atoms with Crippen LogP contribution in [0.25, 0.3) is 0 Å². The Morgan fingerprint density at radius 1 is 0.909 bits per heavy atom. The van der Waals surface area contributed by atoms with Crippen LogP contribution in [0.2, 0.25) is 0 Å². The molecular formula is C14H20O6P2. The van der Waals surface area contributed by atoms with Gasteiger partial charge in [-0.15, -0.1) is 0 Å². The maximum Gasteiger partial charge on any atom is 0.397 e. The maximum atomic E-state index is 5.74. The minimum Gasteiger partial charge on any atom is -0.427 e. The van der Waals surface area contributed by atoms with E-state index in [1.165, 1.54) is 0 Å². The number of benzene rings is 1. The zero-order chi connectivity index (χ0) is 15.4. The molecule has 0 aromatic heterocycles. The summed E-state index contributed by atoms with van der Waals surface area (Å²) in [7, 11) is -2.68. The van der Waals surface area contributed by atoms with Crippen LogP contribution in [0.3, 0.4) is 0 Å². The molecule has 0 saturated carbocycles. The molecule has 1 aromatic carbocycles. The van der Waals surface area contributed by atoms with Gasteiger partial charge in [-0.3, -0.25) is 9.05 Å². The van der Waals surface area contributed by atoms with Gasteiger partial charge >= 0.3 is 17.2 Å². The first-order valence-corrected chi connectivity index (χ1v) is 9.54. The third-order valence-corrected chi connectivity index (χ3v) is 5.71. The van der Waals surface area contributed by atoms with Crippen LogP contribution in [-0.2, 0) is 18.1 Å². The summed E-state index contributed by atoms with van der Waals surface area (Å²) in [6, 6.07) is 7.35. The molecule has 122 valence electrons. The van der Waals surface area contributed by atoms with E-state index in [0.29, 0.717) is 24.7 Å². The third kappa shape index (κ3) is 4.76. The van der Waals surface area contributed by atoms with Crippen molar-refractivity contribution in [2.45, 2.75) is 38.9 Å². The van der Waals surface area contributed by atoms with Gasteiger partial charge in [-0.2, -0.15) is 0 Å². The highest BCUT2D eigenvalue weighted by Crippen LogP contribution is 2.48. The molecule has 2 heterocycles. The Bertz CT molecular complexity index is 449. The van der Waals surface area contributed by atoms with Crippen molar-refractivity contribution in [1.29, 1.82) is 0 Å². The number of hydrogen-bond donors (Lipinski definition) is 0. The molecular weight excluding hydrogens is 326 g/mol. The summed E-state index contributed by atoms with van der Waals surface area (Å²) in [5.74, 6) is 1.30. The van der Waals surface area contributed by atoms with Gasteiger partial charge in [-0.05, 0) is 38.8 Å². The normalized spacial score (nSPS) is 32.5.